The second kappa shape index (κ2) is 11.2. The minimum Gasteiger partial charge on any atom is -0.381 e. The molecule has 2 N–H and O–H groups in total. The molecule has 0 saturated heterocycles. The van der Waals surface area contributed by atoms with Gasteiger partial charge in [0.1, 0.15) is 0 Å². The summed E-state index contributed by atoms with van der Waals surface area (Å²) >= 11 is 0. The zero-order chi connectivity index (χ0) is 27.2. The molecule has 0 amide bonds. The minimum absolute atomic E-state index is 0.0714. The van der Waals surface area contributed by atoms with E-state index in [9.17, 15) is 20.2 Å². The number of azo groups is 1. The van der Waals surface area contributed by atoms with Gasteiger partial charge in [0, 0.05) is 40.4 Å². The molecule has 0 radical (unpaired) electrons. The van der Waals surface area contributed by atoms with Crippen LogP contribution in [0, 0.1) is 20.2 Å². The molecule has 5 rings (SSSR count). The zero-order valence-corrected chi connectivity index (χ0v) is 20.5. The maximum Gasteiger partial charge on any atom is 0.303 e. The van der Waals surface area contributed by atoms with Gasteiger partial charge in [0.05, 0.1) is 21.6 Å². The maximum atomic E-state index is 11.4. The molecule has 0 atom stereocenters. The Kier molecular flexibility index (Phi) is 7.17. The zero-order valence-electron chi connectivity index (χ0n) is 20.5. The molecule has 10 heteroatoms. The average Bonchev–Trinajstić information content (AvgIpc) is 2.96. The Balaban J connectivity index is 1.36. The molecule has 0 aliphatic carbocycles. The third-order valence-corrected chi connectivity index (χ3v) is 6.04. The molecule has 0 aliphatic heterocycles. The van der Waals surface area contributed by atoms with E-state index in [4.69, 9.17) is 0 Å². The van der Waals surface area contributed by atoms with Crippen molar-refractivity contribution in [1.82, 2.24) is 0 Å². The molecule has 0 fully saturated rings. The van der Waals surface area contributed by atoms with Crippen molar-refractivity contribution in [3.63, 3.8) is 0 Å². The first-order valence-corrected chi connectivity index (χ1v) is 12.0. The molecule has 0 spiro atoms. The number of nitrogens with zero attached hydrogens (tertiary/aromatic N) is 4. The first kappa shape index (κ1) is 25.0. The van der Waals surface area contributed by atoms with Crippen LogP contribution in [-0.2, 0) is 6.54 Å². The largest absolute Gasteiger partial charge is 0.381 e. The molecule has 0 aromatic heterocycles. The summed E-state index contributed by atoms with van der Waals surface area (Å²) in [6.07, 6.45) is 0. The SMILES string of the molecule is O=[N+]([O-])c1ccc(N=Nc2ccc(Nc3ccc(NCc4ccccc4)cc3)c3ccccc23)c([N+](=O)[O-])c1. The molecule has 39 heavy (non-hydrogen) atoms. The second-order valence-electron chi connectivity index (χ2n) is 8.61. The minimum atomic E-state index is -0.713. The topological polar surface area (TPSA) is 135 Å². The summed E-state index contributed by atoms with van der Waals surface area (Å²) < 4.78 is 0. The Labute approximate surface area is 223 Å². The van der Waals surface area contributed by atoms with E-state index >= 15 is 0 Å². The van der Waals surface area contributed by atoms with Crippen LogP contribution < -0.4 is 10.6 Å². The van der Waals surface area contributed by atoms with Crippen LogP contribution in [0.25, 0.3) is 10.8 Å². The van der Waals surface area contributed by atoms with Gasteiger partial charge in [-0.15, -0.1) is 10.2 Å². The number of hydrogen-bond donors (Lipinski definition) is 2. The van der Waals surface area contributed by atoms with Crippen LogP contribution in [0.15, 0.2) is 119 Å². The van der Waals surface area contributed by atoms with Gasteiger partial charge in [0.15, 0.2) is 5.69 Å². The number of nitrogens with one attached hydrogen (secondary N) is 2. The highest BCUT2D eigenvalue weighted by Gasteiger charge is 2.19. The normalized spacial score (nSPS) is 11.0. The summed E-state index contributed by atoms with van der Waals surface area (Å²) in [6.45, 7) is 0.733. The van der Waals surface area contributed by atoms with Crippen molar-refractivity contribution in [3.05, 3.63) is 135 Å². The van der Waals surface area contributed by atoms with Crippen LogP contribution in [0.5, 0.6) is 0 Å². The molecule has 5 aromatic rings. The highest BCUT2D eigenvalue weighted by atomic mass is 16.6. The summed E-state index contributed by atoms with van der Waals surface area (Å²) in [5.41, 5.74) is 3.52. The number of anilines is 3. The number of non-ortho nitro benzene ring substituents is 1. The molecule has 0 bridgehead atoms. The predicted octanol–water partition coefficient (Wildman–Crippen LogP) is 8.43. The third kappa shape index (κ3) is 5.86. The number of nitro benzene ring substituents is 2. The summed E-state index contributed by atoms with van der Waals surface area (Å²) in [6, 6.07) is 32.7. The molecule has 192 valence electrons. The van der Waals surface area contributed by atoms with Crippen LogP contribution in [0.2, 0.25) is 0 Å². The number of hydrogen-bond acceptors (Lipinski definition) is 8. The van der Waals surface area contributed by atoms with E-state index in [1.165, 1.54) is 11.6 Å². The molecule has 0 unspecified atom stereocenters. The van der Waals surface area contributed by atoms with E-state index in [1.54, 1.807) is 6.07 Å². The Morgan fingerprint density at radius 3 is 2.00 bits per heavy atom. The summed E-state index contributed by atoms with van der Waals surface area (Å²) in [4.78, 5) is 21.0. The molecule has 0 saturated carbocycles. The second-order valence-corrected chi connectivity index (χ2v) is 8.61. The van der Waals surface area contributed by atoms with Crippen LogP contribution in [-0.4, -0.2) is 9.85 Å². The highest BCUT2D eigenvalue weighted by Crippen LogP contribution is 2.36. The van der Waals surface area contributed by atoms with Crippen molar-refractivity contribution in [2.75, 3.05) is 10.6 Å². The van der Waals surface area contributed by atoms with E-state index in [0.29, 0.717) is 5.69 Å². The van der Waals surface area contributed by atoms with Gasteiger partial charge in [0.25, 0.3) is 5.69 Å². The fraction of sp³-hybridized carbons (Fsp3) is 0.0345. The lowest BCUT2D eigenvalue weighted by Crippen LogP contribution is -1.99. The lowest BCUT2D eigenvalue weighted by Gasteiger charge is -2.12. The predicted molar refractivity (Wildman–Crippen MR) is 151 cm³/mol. The molecule has 5 aromatic carbocycles. The quantitative estimate of drug-likeness (QED) is 0.114. The summed E-state index contributed by atoms with van der Waals surface area (Å²) in [7, 11) is 0. The lowest BCUT2D eigenvalue weighted by molar-refractivity contribution is -0.393. The van der Waals surface area contributed by atoms with Gasteiger partial charge in [-0.1, -0.05) is 54.6 Å². The lowest BCUT2D eigenvalue weighted by atomic mass is 10.1. The first-order chi connectivity index (χ1) is 19.0. The number of benzene rings is 5. The van der Waals surface area contributed by atoms with Crippen LogP contribution in [0.4, 0.5) is 39.8 Å². The van der Waals surface area contributed by atoms with Crippen molar-refractivity contribution in [3.8, 4) is 0 Å². The average molecular weight is 519 g/mol. The van der Waals surface area contributed by atoms with Gasteiger partial charge in [-0.25, -0.2) is 0 Å². The van der Waals surface area contributed by atoms with Gasteiger partial charge in [-0.05, 0) is 48.0 Å². The van der Waals surface area contributed by atoms with E-state index in [2.05, 4.69) is 33.0 Å². The fourth-order valence-electron chi connectivity index (χ4n) is 4.07. The van der Waals surface area contributed by atoms with Crippen LogP contribution >= 0.6 is 0 Å². The van der Waals surface area contributed by atoms with Gasteiger partial charge < -0.3 is 10.6 Å². The molecule has 10 nitrogen and oxygen atoms in total. The molecule has 0 heterocycles. The van der Waals surface area contributed by atoms with Crippen LogP contribution in [0.3, 0.4) is 0 Å². The van der Waals surface area contributed by atoms with E-state index in [-0.39, 0.29) is 11.4 Å². The summed E-state index contributed by atoms with van der Waals surface area (Å²) in [5.74, 6) is 0. The standard InChI is InChI=1S/C29H22N6O4/c36-34(37)23-14-15-28(29(18-23)35(38)39)33-32-27-17-16-26(24-8-4-5-9-25(24)27)31-22-12-10-21(11-13-22)30-19-20-6-2-1-3-7-20/h1-18,30-31H,19H2. The van der Waals surface area contributed by atoms with E-state index in [1.807, 2.05) is 72.8 Å². The summed E-state index contributed by atoms with van der Waals surface area (Å²) in [5, 5.41) is 39.2. The van der Waals surface area contributed by atoms with Crippen LogP contribution in [0.1, 0.15) is 5.56 Å². The van der Waals surface area contributed by atoms with E-state index in [0.717, 1.165) is 46.5 Å². The van der Waals surface area contributed by atoms with Crippen molar-refractivity contribution in [2.45, 2.75) is 6.54 Å². The molecular weight excluding hydrogens is 496 g/mol. The maximum absolute atomic E-state index is 11.4. The Bertz CT molecular complexity index is 1690. The molecular formula is C29H22N6O4. The smallest absolute Gasteiger partial charge is 0.303 e. The monoisotopic (exact) mass is 518 g/mol. The fourth-order valence-corrected chi connectivity index (χ4v) is 4.07. The Morgan fingerprint density at radius 2 is 1.28 bits per heavy atom. The van der Waals surface area contributed by atoms with Crippen molar-refractivity contribution in [2.24, 2.45) is 10.2 Å². The molecule has 0 aliphatic rings. The highest BCUT2D eigenvalue weighted by molar-refractivity contribution is 6.01. The van der Waals surface area contributed by atoms with Crippen molar-refractivity contribution >= 4 is 50.6 Å². The number of rotatable bonds is 9. The van der Waals surface area contributed by atoms with Gasteiger partial charge in [-0.3, -0.25) is 20.2 Å². The first-order valence-electron chi connectivity index (χ1n) is 12.0. The number of nitro groups is 2. The Morgan fingerprint density at radius 1 is 0.641 bits per heavy atom. The van der Waals surface area contributed by atoms with Gasteiger partial charge >= 0.3 is 5.69 Å². The van der Waals surface area contributed by atoms with Crippen molar-refractivity contribution < 1.29 is 9.85 Å². The van der Waals surface area contributed by atoms with E-state index < -0.39 is 15.5 Å². The number of fused-ring (bicyclic) bond motifs is 1. The van der Waals surface area contributed by atoms with Gasteiger partial charge in [0.2, 0.25) is 0 Å². The Hall–Kier alpha value is -5.64. The third-order valence-electron chi connectivity index (χ3n) is 6.04. The van der Waals surface area contributed by atoms with Crippen molar-refractivity contribution in [1.29, 1.82) is 0 Å². The van der Waals surface area contributed by atoms with Gasteiger partial charge in [-0.2, -0.15) is 0 Å².